The molecule has 3 heterocycles. The molecule has 0 spiro atoms. The summed E-state index contributed by atoms with van der Waals surface area (Å²) in [6.45, 7) is 2.07. The van der Waals surface area contributed by atoms with Gasteiger partial charge in [0.25, 0.3) is 5.91 Å². The minimum Gasteiger partial charge on any atom is -0.441 e. The summed E-state index contributed by atoms with van der Waals surface area (Å²) < 4.78 is 5.95. The van der Waals surface area contributed by atoms with Crippen molar-refractivity contribution in [3.05, 3.63) is 53.1 Å². The molecule has 0 unspecified atom stereocenters. The summed E-state index contributed by atoms with van der Waals surface area (Å²) in [7, 11) is 1.75. The van der Waals surface area contributed by atoms with Gasteiger partial charge >= 0.3 is 0 Å². The molecule has 2 aromatic rings. The number of carbonyl (C=O) groups is 1. The molecule has 2 aliphatic rings. The predicted octanol–water partition coefficient (Wildman–Crippen LogP) is 4.50. The fourth-order valence-electron chi connectivity index (χ4n) is 3.10. The number of hydrogen-bond acceptors (Lipinski definition) is 5. The third kappa shape index (κ3) is 3.55. The predicted molar refractivity (Wildman–Crippen MR) is 107 cm³/mol. The monoisotopic (exact) mass is 367 g/mol. The van der Waals surface area contributed by atoms with Crippen LogP contribution in [0.1, 0.15) is 25.0 Å². The maximum absolute atomic E-state index is 12.5. The molecule has 0 atom stereocenters. The van der Waals surface area contributed by atoms with E-state index in [9.17, 15) is 4.79 Å². The maximum Gasteiger partial charge on any atom is 0.266 e. The van der Waals surface area contributed by atoms with E-state index < -0.39 is 0 Å². The molecule has 0 aliphatic carbocycles. The normalized spacial score (nSPS) is 21.2. The Morgan fingerprint density at radius 2 is 1.85 bits per heavy atom. The van der Waals surface area contributed by atoms with Crippen molar-refractivity contribution in [2.75, 3.05) is 25.0 Å². The van der Waals surface area contributed by atoms with E-state index in [1.807, 2.05) is 48.5 Å². The van der Waals surface area contributed by atoms with Gasteiger partial charge in [0, 0.05) is 32.3 Å². The van der Waals surface area contributed by atoms with Crippen LogP contribution in [-0.2, 0) is 4.79 Å². The minimum absolute atomic E-state index is 0.0550. The van der Waals surface area contributed by atoms with Crippen molar-refractivity contribution >= 4 is 40.5 Å². The molecule has 134 valence electrons. The molecule has 26 heavy (non-hydrogen) atoms. The number of anilines is 1. The number of furan rings is 1. The fourth-order valence-corrected chi connectivity index (χ4v) is 4.06. The van der Waals surface area contributed by atoms with Gasteiger partial charge in [0.1, 0.15) is 5.76 Å². The molecule has 0 radical (unpaired) electrons. The SMILES string of the molecule is CN1C(=O)/C(=C\c2ccc(N3CCCCC3)o2)SC1=Nc1ccccc1. The van der Waals surface area contributed by atoms with Crippen LogP contribution >= 0.6 is 11.8 Å². The number of carbonyl (C=O) groups excluding carboxylic acids is 1. The molecule has 0 N–H and O–H groups in total. The quantitative estimate of drug-likeness (QED) is 0.749. The van der Waals surface area contributed by atoms with Crippen LogP contribution in [0.3, 0.4) is 0 Å². The van der Waals surface area contributed by atoms with Crippen LogP contribution < -0.4 is 4.90 Å². The first-order valence-electron chi connectivity index (χ1n) is 8.87. The van der Waals surface area contributed by atoms with Gasteiger partial charge in [-0.1, -0.05) is 18.2 Å². The second-order valence-electron chi connectivity index (χ2n) is 6.43. The third-order valence-corrected chi connectivity index (χ3v) is 5.60. The first-order chi connectivity index (χ1) is 12.7. The molecule has 4 rings (SSSR count). The van der Waals surface area contributed by atoms with E-state index in [1.54, 1.807) is 11.9 Å². The number of amides is 1. The standard InChI is InChI=1S/C20H21N3O2S/c1-22-19(24)17(26-20(22)21-15-8-4-2-5-9-15)14-16-10-11-18(25-16)23-12-6-3-7-13-23/h2,4-5,8-11,14H,3,6-7,12-13H2,1H3/b17-14+,21-20?. The fraction of sp³-hybridized carbons (Fsp3) is 0.300. The van der Waals surface area contributed by atoms with E-state index in [1.165, 1.54) is 31.0 Å². The van der Waals surface area contributed by atoms with Crippen molar-refractivity contribution in [3.63, 3.8) is 0 Å². The van der Waals surface area contributed by atoms with Gasteiger partial charge in [0.2, 0.25) is 0 Å². The molecule has 5 nitrogen and oxygen atoms in total. The zero-order valence-corrected chi connectivity index (χ0v) is 15.5. The van der Waals surface area contributed by atoms with E-state index >= 15 is 0 Å². The molecule has 1 amide bonds. The molecule has 0 saturated carbocycles. The number of piperidine rings is 1. The molecule has 0 bridgehead atoms. The number of likely N-dealkylation sites (N-methyl/N-ethyl adjacent to an activating group) is 1. The second kappa shape index (κ2) is 7.41. The zero-order valence-electron chi connectivity index (χ0n) is 14.7. The number of benzene rings is 1. The van der Waals surface area contributed by atoms with Gasteiger partial charge in [0.05, 0.1) is 10.6 Å². The highest BCUT2D eigenvalue weighted by Gasteiger charge is 2.30. The third-order valence-electron chi connectivity index (χ3n) is 4.54. The Morgan fingerprint density at radius 3 is 2.62 bits per heavy atom. The van der Waals surface area contributed by atoms with Gasteiger partial charge in [-0.25, -0.2) is 4.99 Å². The molecule has 2 fully saturated rings. The molecule has 1 aromatic carbocycles. The minimum atomic E-state index is -0.0550. The van der Waals surface area contributed by atoms with Gasteiger partial charge in [-0.15, -0.1) is 0 Å². The summed E-state index contributed by atoms with van der Waals surface area (Å²) in [5.74, 6) is 1.54. The Kier molecular flexibility index (Phi) is 4.84. The van der Waals surface area contributed by atoms with E-state index in [-0.39, 0.29) is 5.91 Å². The maximum atomic E-state index is 12.5. The summed E-state index contributed by atoms with van der Waals surface area (Å²) in [5.41, 5.74) is 0.835. The molecule has 6 heteroatoms. The molecule has 2 saturated heterocycles. The largest absolute Gasteiger partial charge is 0.441 e. The van der Waals surface area contributed by atoms with Crippen molar-refractivity contribution in [1.82, 2.24) is 4.90 Å². The van der Waals surface area contributed by atoms with Gasteiger partial charge in [-0.2, -0.15) is 0 Å². The van der Waals surface area contributed by atoms with Crippen molar-refractivity contribution in [2.24, 2.45) is 4.99 Å². The highest BCUT2D eigenvalue weighted by molar-refractivity contribution is 8.18. The summed E-state index contributed by atoms with van der Waals surface area (Å²) in [6, 6.07) is 13.6. The number of nitrogens with zero attached hydrogens (tertiary/aromatic N) is 3. The van der Waals surface area contributed by atoms with E-state index in [0.29, 0.717) is 15.8 Å². The lowest BCUT2D eigenvalue weighted by atomic mass is 10.1. The average Bonchev–Trinajstić information content (AvgIpc) is 3.25. The molecule has 1 aromatic heterocycles. The Bertz CT molecular complexity index is 851. The lowest BCUT2D eigenvalue weighted by molar-refractivity contribution is -0.121. The highest BCUT2D eigenvalue weighted by atomic mass is 32.2. The van der Waals surface area contributed by atoms with Gasteiger partial charge in [-0.3, -0.25) is 9.69 Å². The molecule has 2 aliphatic heterocycles. The first kappa shape index (κ1) is 17.0. The van der Waals surface area contributed by atoms with Crippen LogP contribution in [0, 0.1) is 0 Å². The highest BCUT2D eigenvalue weighted by Crippen LogP contribution is 2.34. The lowest BCUT2D eigenvalue weighted by Crippen LogP contribution is -2.28. The van der Waals surface area contributed by atoms with Crippen molar-refractivity contribution in [3.8, 4) is 0 Å². The van der Waals surface area contributed by atoms with Crippen molar-refractivity contribution in [2.45, 2.75) is 19.3 Å². The summed E-state index contributed by atoms with van der Waals surface area (Å²) >= 11 is 1.38. The number of rotatable bonds is 3. The molecular formula is C20H21N3O2S. The number of aliphatic imine (C=N–C) groups is 1. The van der Waals surface area contributed by atoms with Crippen LogP contribution in [0.25, 0.3) is 6.08 Å². The second-order valence-corrected chi connectivity index (χ2v) is 7.44. The number of amidine groups is 1. The van der Waals surface area contributed by atoms with Gasteiger partial charge < -0.3 is 9.32 Å². The van der Waals surface area contributed by atoms with Crippen molar-refractivity contribution in [1.29, 1.82) is 0 Å². The van der Waals surface area contributed by atoms with Crippen LogP contribution in [0.15, 0.2) is 56.8 Å². The van der Waals surface area contributed by atoms with E-state index in [4.69, 9.17) is 4.42 Å². The van der Waals surface area contributed by atoms with Crippen LogP contribution in [0.4, 0.5) is 11.6 Å². The number of hydrogen-bond donors (Lipinski definition) is 0. The lowest BCUT2D eigenvalue weighted by Gasteiger charge is -2.25. The summed E-state index contributed by atoms with van der Waals surface area (Å²) in [5, 5.41) is 0.676. The van der Waals surface area contributed by atoms with E-state index in [2.05, 4.69) is 9.89 Å². The van der Waals surface area contributed by atoms with Crippen LogP contribution in [0.2, 0.25) is 0 Å². The van der Waals surface area contributed by atoms with E-state index in [0.717, 1.165) is 24.7 Å². The number of para-hydroxylation sites is 1. The smallest absolute Gasteiger partial charge is 0.266 e. The van der Waals surface area contributed by atoms with Crippen LogP contribution in [0.5, 0.6) is 0 Å². The Labute approximate surface area is 157 Å². The first-order valence-corrected chi connectivity index (χ1v) is 9.68. The summed E-state index contributed by atoms with van der Waals surface area (Å²) in [4.78, 5) is 21.6. The zero-order chi connectivity index (χ0) is 17.9. The Balaban J connectivity index is 1.53. The average molecular weight is 367 g/mol. The van der Waals surface area contributed by atoms with Crippen LogP contribution in [-0.4, -0.2) is 36.1 Å². The van der Waals surface area contributed by atoms with Crippen molar-refractivity contribution < 1.29 is 9.21 Å². The molecular weight excluding hydrogens is 346 g/mol. The van der Waals surface area contributed by atoms with Gasteiger partial charge in [0.15, 0.2) is 11.1 Å². The van der Waals surface area contributed by atoms with Gasteiger partial charge in [-0.05, 0) is 49.2 Å². The topological polar surface area (TPSA) is 49.1 Å². The number of thioether (sulfide) groups is 1. The Hall–Kier alpha value is -2.47. The summed E-state index contributed by atoms with van der Waals surface area (Å²) in [6.07, 6.45) is 5.50. The Morgan fingerprint density at radius 1 is 1.08 bits per heavy atom.